The molecule has 0 spiro atoms. The zero-order valence-electron chi connectivity index (χ0n) is 12.8. The van der Waals surface area contributed by atoms with Gasteiger partial charge in [-0.1, -0.05) is 48.8 Å². The average molecular weight is 280 g/mol. The molecule has 1 atom stereocenters. The summed E-state index contributed by atoms with van der Waals surface area (Å²) < 4.78 is 0. The van der Waals surface area contributed by atoms with Crippen molar-refractivity contribution in [1.29, 1.82) is 0 Å². The molecule has 0 fully saturated rings. The first-order valence-corrected chi connectivity index (χ1v) is 8.10. The predicted molar refractivity (Wildman–Crippen MR) is 89.3 cm³/mol. The molecular weight excluding hydrogens is 256 g/mol. The molecule has 0 aliphatic heterocycles. The van der Waals surface area contributed by atoms with Gasteiger partial charge in [0.1, 0.15) is 0 Å². The normalized spacial score (nSPS) is 20.3. The van der Waals surface area contributed by atoms with E-state index in [4.69, 9.17) is 4.98 Å². The fourth-order valence-electron chi connectivity index (χ4n) is 3.35. The Morgan fingerprint density at radius 3 is 2.81 bits per heavy atom. The Hall–Kier alpha value is -1.67. The molecule has 1 N–H and O–H groups in total. The van der Waals surface area contributed by atoms with Crippen molar-refractivity contribution in [2.24, 2.45) is 0 Å². The highest BCUT2D eigenvalue weighted by atomic mass is 14.9. The fraction of sp³-hybridized carbons (Fsp3) is 0.421. The second kappa shape index (κ2) is 6.86. The summed E-state index contributed by atoms with van der Waals surface area (Å²) in [6, 6.07) is 10.9. The Bertz CT molecular complexity index is 625. The maximum absolute atomic E-state index is 4.70. The molecule has 0 saturated carbocycles. The number of pyridine rings is 1. The average Bonchev–Trinajstić information content (AvgIpc) is 2.50. The molecule has 0 bridgehead atoms. The minimum atomic E-state index is 0.245. The highest BCUT2D eigenvalue weighted by Crippen LogP contribution is 2.31. The minimum absolute atomic E-state index is 0.245. The second-order valence-corrected chi connectivity index (χ2v) is 5.87. The highest BCUT2D eigenvalue weighted by Gasteiger charge is 2.18. The third-order valence-corrected chi connectivity index (χ3v) is 4.46. The monoisotopic (exact) mass is 280 g/mol. The van der Waals surface area contributed by atoms with Crippen molar-refractivity contribution in [3.63, 3.8) is 0 Å². The first-order valence-electron chi connectivity index (χ1n) is 8.10. The van der Waals surface area contributed by atoms with Gasteiger partial charge in [0.15, 0.2) is 0 Å². The van der Waals surface area contributed by atoms with E-state index in [1.807, 2.05) is 13.2 Å². The van der Waals surface area contributed by atoms with Gasteiger partial charge in [0.05, 0.1) is 11.7 Å². The maximum atomic E-state index is 4.70. The van der Waals surface area contributed by atoms with Crippen LogP contribution in [0.25, 0.3) is 10.8 Å². The Labute approximate surface area is 127 Å². The van der Waals surface area contributed by atoms with Gasteiger partial charge in [-0.3, -0.25) is 4.98 Å². The van der Waals surface area contributed by atoms with Crippen molar-refractivity contribution in [2.45, 2.75) is 44.6 Å². The van der Waals surface area contributed by atoms with E-state index in [0.29, 0.717) is 0 Å². The van der Waals surface area contributed by atoms with Crippen LogP contribution in [-0.4, -0.2) is 12.0 Å². The summed E-state index contributed by atoms with van der Waals surface area (Å²) in [5, 5.41) is 6.04. The van der Waals surface area contributed by atoms with E-state index < -0.39 is 0 Å². The molecule has 1 aliphatic carbocycles. The quantitative estimate of drug-likeness (QED) is 0.819. The molecule has 110 valence electrons. The van der Waals surface area contributed by atoms with E-state index in [0.717, 1.165) is 0 Å². The summed E-state index contributed by atoms with van der Waals surface area (Å²) in [7, 11) is 2.05. The summed E-state index contributed by atoms with van der Waals surface area (Å²) in [5.74, 6) is 0. The predicted octanol–water partition coefficient (Wildman–Crippen LogP) is 4.78. The van der Waals surface area contributed by atoms with Gasteiger partial charge >= 0.3 is 0 Å². The molecule has 0 saturated heterocycles. The number of likely N-dealkylation sites (N-methyl/N-ethyl adjacent to an activating group) is 1. The number of nitrogens with one attached hydrogen (secondary N) is 1. The Balaban J connectivity index is 2.01. The van der Waals surface area contributed by atoms with Crippen LogP contribution >= 0.6 is 0 Å². The summed E-state index contributed by atoms with van der Waals surface area (Å²) in [6.07, 6.45) is 12.1. The van der Waals surface area contributed by atoms with E-state index >= 15 is 0 Å². The lowest BCUT2D eigenvalue weighted by molar-refractivity contribution is 0.569. The molecule has 2 aromatic rings. The van der Waals surface area contributed by atoms with Crippen LogP contribution < -0.4 is 5.32 Å². The summed E-state index contributed by atoms with van der Waals surface area (Å²) in [6.45, 7) is 0. The number of hydrogen-bond acceptors (Lipinski definition) is 2. The Kier molecular flexibility index (Phi) is 4.66. The Morgan fingerprint density at radius 1 is 1.05 bits per heavy atom. The molecule has 0 radical (unpaired) electrons. The van der Waals surface area contributed by atoms with Crippen molar-refractivity contribution in [3.8, 4) is 0 Å². The molecule has 0 amide bonds. The van der Waals surface area contributed by atoms with Crippen molar-refractivity contribution in [3.05, 3.63) is 53.9 Å². The molecule has 1 aliphatic rings. The fourth-order valence-corrected chi connectivity index (χ4v) is 3.35. The number of nitrogens with zero attached hydrogens (tertiary/aromatic N) is 1. The SMILES string of the molecule is CNC(/C1=C/CCCCCC1)c1nccc2ccccc12. The van der Waals surface area contributed by atoms with Crippen LogP contribution in [0.2, 0.25) is 0 Å². The van der Waals surface area contributed by atoms with E-state index in [-0.39, 0.29) is 6.04 Å². The van der Waals surface area contributed by atoms with Gasteiger partial charge in [0.25, 0.3) is 0 Å². The lowest BCUT2D eigenvalue weighted by atomic mass is 9.91. The topological polar surface area (TPSA) is 24.9 Å². The number of benzene rings is 1. The van der Waals surface area contributed by atoms with E-state index in [9.17, 15) is 0 Å². The van der Waals surface area contributed by atoms with Gasteiger partial charge in [-0.2, -0.15) is 0 Å². The van der Waals surface area contributed by atoms with Gasteiger partial charge in [-0.25, -0.2) is 0 Å². The number of aromatic nitrogens is 1. The van der Waals surface area contributed by atoms with Crippen LogP contribution in [0.4, 0.5) is 0 Å². The molecule has 2 nitrogen and oxygen atoms in total. The van der Waals surface area contributed by atoms with Crippen LogP contribution in [0.15, 0.2) is 48.2 Å². The second-order valence-electron chi connectivity index (χ2n) is 5.87. The summed E-state index contributed by atoms with van der Waals surface area (Å²) >= 11 is 0. The first kappa shape index (κ1) is 14.3. The highest BCUT2D eigenvalue weighted by molar-refractivity contribution is 5.85. The van der Waals surface area contributed by atoms with E-state index in [1.165, 1.54) is 60.6 Å². The maximum Gasteiger partial charge on any atom is 0.0714 e. The van der Waals surface area contributed by atoms with Gasteiger partial charge in [-0.15, -0.1) is 0 Å². The number of rotatable bonds is 3. The van der Waals surface area contributed by atoms with E-state index in [2.05, 4.69) is 41.7 Å². The van der Waals surface area contributed by atoms with Crippen LogP contribution in [0.5, 0.6) is 0 Å². The third-order valence-electron chi connectivity index (χ3n) is 4.46. The van der Waals surface area contributed by atoms with Gasteiger partial charge < -0.3 is 5.32 Å². The largest absolute Gasteiger partial charge is 0.308 e. The lowest BCUT2D eigenvalue weighted by Crippen LogP contribution is -2.20. The number of hydrogen-bond donors (Lipinski definition) is 1. The molecule has 1 unspecified atom stereocenters. The van der Waals surface area contributed by atoms with Crippen molar-refractivity contribution < 1.29 is 0 Å². The smallest absolute Gasteiger partial charge is 0.0714 e. The molecule has 2 heteroatoms. The third kappa shape index (κ3) is 3.16. The molecule has 1 heterocycles. The molecule has 1 aromatic heterocycles. The van der Waals surface area contributed by atoms with Gasteiger partial charge in [-0.05, 0) is 44.2 Å². The molecule has 1 aromatic carbocycles. The number of allylic oxidation sites excluding steroid dienone is 1. The summed E-state index contributed by atoms with van der Waals surface area (Å²) in [4.78, 5) is 4.70. The first-order chi connectivity index (χ1) is 10.4. The van der Waals surface area contributed by atoms with Crippen LogP contribution in [-0.2, 0) is 0 Å². The zero-order valence-corrected chi connectivity index (χ0v) is 12.8. The summed E-state index contributed by atoms with van der Waals surface area (Å²) in [5.41, 5.74) is 2.68. The van der Waals surface area contributed by atoms with Crippen molar-refractivity contribution in [2.75, 3.05) is 7.05 Å². The van der Waals surface area contributed by atoms with Gasteiger partial charge in [0, 0.05) is 11.6 Å². The Morgan fingerprint density at radius 2 is 1.90 bits per heavy atom. The van der Waals surface area contributed by atoms with Crippen molar-refractivity contribution in [1.82, 2.24) is 10.3 Å². The van der Waals surface area contributed by atoms with Crippen LogP contribution in [0.3, 0.4) is 0 Å². The number of fused-ring (bicyclic) bond motifs is 1. The zero-order chi connectivity index (χ0) is 14.5. The van der Waals surface area contributed by atoms with Crippen LogP contribution in [0.1, 0.15) is 50.3 Å². The lowest BCUT2D eigenvalue weighted by Gasteiger charge is -2.22. The van der Waals surface area contributed by atoms with Crippen LogP contribution in [0, 0.1) is 0 Å². The standard InChI is InChI=1S/C19H24N2/c1-20-18(16-10-5-3-2-4-6-11-16)19-17-12-8-7-9-15(17)13-14-21-19/h7-10,12-14,18,20H,2-6,11H2,1H3/b16-10+. The van der Waals surface area contributed by atoms with Crippen molar-refractivity contribution >= 4 is 10.8 Å². The molecular formula is C19H24N2. The molecule has 3 rings (SSSR count). The van der Waals surface area contributed by atoms with Gasteiger partial charge in [0.2, 0.25) is 0 Å². The minimum Gasteiger partial charge on any atom is -0.308 e. The molecule has 21 heavy (non-hydrogen) atoms. The van der Waals surface area contributed by atoms with E-state index in [1.54, 1.807) is 0 Å².